The van der Waals surface area contributed by atoms with Gasteiger partial charge in [-0.25, -0.2) is 0 Å². The molecule has 0 bridgehead atoms. The second-order valence-corrected chi connectivity index (χ2v) is 3.55. The second-order valence-electron chi connectivity index (χ2n) is 3.55. The molecule has 0 spiro atoms. The Bertz CT molecular complexity index is 325. The lowest BCUT2D eigenvalue weighted by Crippen LogP contribution is -2.23. The predicted molar refractivity (Wildman–Crippen MR) is 56.5 cm³/mol. The molecule has 4 nitrogen and oxygen atoms in total. The van der Waals surface area contributed by atoms with Crippen molar-refractivity contribution < 1.29 is 17.9 Å². The highest BCUT2D eigenvalue weighted by atomic mass is 19.4. The molecule has 17 heavy (non-hydrogen) atoms. The Morgan fingerprint density at radius 1 is 1.47 bits per heavy atom. The number of alkyl halides is 3. The molecule has 0 amide bonds. The molecule has 1 aromatic heterocycles. The van der Waals surface area contributed by atoms with Crippen LogP contribution < -0.4 is 5.32 Å². The van der Waals surface area contributed by atoms with E-state index in [9.17, 15) is 13.2 Å². The number of aromatic nitrogens is 2. The molecule has 0 radical (unpaired) electrons. The van der Waals surface area contributed by atoms with Gasteiger partial charge in [0.05, 0.1) is 12.8 Å². The number of ether oxygens (including phenoxy) is 1. The molecule has 1 heterocycles. The van der Waals surface area contributed by atoms with E-state index in [1.54, 1.807) is 10.9 Å². The van der Waals surface area contributed by atoms with Gasteiger partial charge in [-0.2, -0.15) is 18.3 Å². The number of hydrogen-bond donors (Lipinski definition) is 1. The molecule has 0 aliphatic heterocycles. The quantitative estimate of drug-likeness (QED) is 0.748. The first-order valence-electron chi connectivity index (χ1n) is 5.38. The van der Waals surface area contributed by atoms with Crippen LogP contribution in [-0.4, -0.2) is 35.7 Å². The standard InChI is InChI=1S/C10H16F3N3O/c1-2-16-7-9(6-15-16)5-14-3-4-17-8-10(11,12)13/h6-7,14H,2-5,8H2,1H3. The van der Waals surface area contributed by atoms with Gasteiger partial charge in [0.1, 0.15) is 6.61 Å². The van der Waals surface area contributed by atoms with E-state index >= 15 is 0 Å². The Labute approximate surface area is 97.8 Å². The van der Waals surface area contributed by atoms with Crippen LogP contribution in [-0.2, 0) is 17.8 Å². The van der Waals surface area contributed by atoms with Gasteiger partial charge in [0.15, 0.2) is 0 Å². The summed E-state index contributed by atoms with van der Waals surface area (Å²) in [6.07, 6.45) is -0.626. The van der Waals surface area contributed by atoms with E-state index in [0.29, 0.717) is 13.1 Å². The number of halogens is 3. The highest BCUT2D eigenvalue weighted by Gasteiger charge is 2.27. The van der Waals surface area contributed by atoms with Gasteiger partial charge in [-0.3, -0.25) is 4.68 Å². The van der Waals surface area contributed by atoms with Crippen molar-refractivity contribution in [3.8, 4) is 0 Å². The van der Waals surface area contributed by atoms with E-state index in [2.05, 4.69) is 15.2 Å². The summed E-state index contributed by atoms with van der Waals surface area (Å²) in [5.74, 6) is 0. The minimum absolute atomic E-state index is 0.0431. The third-order valence-corrected chi connectivity index (χ3v) is 2.03. The van der Waals surface area contributed by atoms with Crippen LogP contribution in [0.15, 0.2) is 12.4 Å². The lowest BCUT2D eigenvalue weighted by atomic mass is 10.3. The van der Waals surface area contributed by atoms with Gasteiger partial charge < -0.3 is 10.1 Å². The molecule has 0 saturated heterocycles. The smallest absolute Gasteiger partial charge is 0.371 e. The second kappa shape index (κ2) is 6.61. The Kier molecular flexibility index (Phi) is 5.43. The number of aryl methyl sites for hydroxylation is 1. The zero-order valence-corrected chi connectivity index (χ0v) is 9.63. The maximum atomic E-state index is 11.7. The highest BCUT2D eigenvalue weighted by molar-refractivity contribution is 5.02. The molecule has 7 heteroatoms. The van der Waals surface area contributed by atoms with E-state index in [-0.39, 0.29) is 6.61 Å². The van der Waals surface area contributed by atoms with Crippen molar-refractivity contribution in [1.29, 1.82) is 0 Å². The topological polar surface area (TPSA) is 39.1 Å². The van der Waals surface area contributed by atoms with Crippen LogP contribution in [0.2, 0.25) is 0 Å². The molecule has 1 aromatic rings. The van der Waals surface area contributed by atoms with Crippen LogP contribution in [0.25, 0.3) is 0 Å². The fourth-order valence-corrected chi connectivity index (χ4v) is 1.24. The van der Waals surface area contributed by atoms with Gasteiger partial charge in [0.25, 0.3) is 0 Å². The van der Waals surface area contributed by atoms with Crippen LogP contribution in [0.3, 0.4) is 0 Å². The highest BCUT2D eigenvalue weighted by Crippen LogP contribution is 2.13. The molecular formula is C10H16F3N3O. The van der Waals surface area contributed by atoms with E-state index in [0.717, 1.165) is 12.1 Å². The molecule has 98 valence electrons. The van der Waals surface area contributed by atoms with E-state index in [4.69, 9.17) is 0 Å². The van der Waals surface area contributed by atoms with Crippen molar-refractivity contribution >= 4 is 0 Å². The Balaban J connectivity index is 2.04. The minimum Gasteiger partial charge on any atom is -0.371 e. The summed E-state index contributed by atoms with van der Waals surface area (Å²) >= 11 is 0. The van der Waals surface area contributed by atoms with Crippen LogP contribution in [0.4, 0.5) is 13.2 Å². The van der Waals surface area contributed by atoms with Crippen LogP contribution in [0.5, 0.6) is 0 Å². The van der Waals surface area contributed by atoms with Crippen molar-refractivity contribution in [2.24, 2.45) is 0 Å². The average molecular weight is 251 g/mol. The molecule has 0 fully saturated rings. The summed E-state index contributed by atoms with van der Waals surface area (Å²) in [5, 5.41) is 7.06. The minimum atomic E-state index is -4.25. The molecule has 0 unspecified atom stereocenters. The first-order valence-corrected chi connectivity index (χ1v) is 5.38. The van der Waals surface area contributed by atoms with Gasteiger partial charge in [-0.05, 0) is 6.92 Å². The Morgan fingerprint density at radius 3 is 2.82 bits per heavy atom. The summed E-state index contributed by atoms with van der Waals surface area (Å²) in [6, 6.07) is 0. The monoisotopic (exact) mass is 251 g/mol. The maximum absolute atomic E-state index is 11.7. The molecule has 0 aliphatic rings. The molecule has 0 aromatic carbocycles. The van der Waals surface area contributed by atoms with Gasteiger partial charge in [-0.15, -0.1) is 0 Å². The van der Waals surface area contributed by atoms with Gasteiger partial charge in [0.2, 0.25) is 0 Å². The lowest BCUT2D eigenvalue weighted by molar-refractivity contribution is -0.173. The normalized spacial score (nSPS) is 12.0. The maximum Gasteiger partial charge on any atom is 0.411 e. The summed E-state index contributed by atoms with van der Waals surface area (Å²) in [6.45, 7) is 2.59. The van der Waals surface area contributed by atoms with Gasteiger partial charge in [0, 0.05) is 31.4 Å². The van der Waals surface area contributed by atoms with Gasteiger partial charge in [-0.1, -0.05) is 0 Å². The van der Waals surface area contributed by atoms with Crippen LogP contribution in [0.1, 0.15) is 12.5 Å². The van der Waals surface area contributed by atoms with Crippen molar-refractivity contribution in [2.45, 2.75) is 26.2 Å². The lowest BCUT2D eigenvalue weighted by Gasteiger charge is -2.07. The molecule has 1 rings (SSSR count). The fourth-order valence-electron chi connectivity index (χ4n) is 1.24. The summed E-state index contributed by atoms with van der Waals surface area (Å²) in [7, 11) is 0. The number of hydrogen-bond acceptors (Lipinski definition) is 3. The van der Waals surface area contributed by atoms with Crippen molar-refractivity contribution in [3.05, 3.63) is 18.0 Å². The van der Waals surface area contributed by atoms with Crippen molar-refractivity contribution in [3.63, 3.8) is 0 Å². The van der Waals surface area contributed by atoms with Crippen molar-refractivity contribution in [1.82, 2.24) is 15.1 Å². The summed E-state index contributed by atoms with van der Waals surface area (Å²) < 4.78 is 41.4. The number of nitrogens with one attached hydrogen (secondary N) is 1. The third-order valence-electron chi connectivity index (χ3n) is 2.03. The number of rotatable bonds is 7. The predicted octanol–water partition coefficient (Wildman–Crippen LogP) is 1.57. The van der Waals surface area contributed by atoms with E-state index in [1.165, 1.54) is 0 Å². The first-order chi connectivity index (χ1) is 8.01. The Hall–Kier alpha value is -1.08. The fraction of sp³-hybridized carbons (Fsp3) is 0.700. The Morgan fingerprint density at radius 2 is 2.24 bits per heavy atom. The summed E-state index contributed by atoms with van der Waals surface area (Å²) in [5.41, 5.74) is 1.00. The van der Waals surface area contributed by atoms with Gasteiger partial charge >= 0.3 is 6.18 Å². The molecule has 0 atom stereocenters. The molecule has 0 aliphatic carbocycles. The van der Waals surface area contributed by atoms with E-state index in [1.807, 2.05) is 13.1 Å². The zero-order valence-electron chi connectivity index (χ0n) is 9.63. The molecular weight excluding hydrogens is 235 g/mol. The van der Waals surface area contributed by atoms with Crippen LogP contribution in [0, 0.1) is 0 Å². The van der Waals surface area contributed by atoms with E-state index < -0.39 is 12.8 Å². The SMILES string of the molecule is CCn1cc(CNCCOCC(F)(F)F)cn1. The molecule has 0 saturated carbocycles. The largest absolute Gasteiger partial charge is 0.411 e. The molecule has 1 N–H and O–H groups in total. The zero-order chi connectivity index (χ0) is 12.7. The van der Waals surface area contributed by atoms with Crippen molar-refractivity contribution in [2.75, 3.05) is 19.8 Å². The van der Waals surface area contributed by atoms with Crippen LogP contribution >= 0.6 is 0 Å². The summed E-state index contributed by atoms with van der Waals surface area (Å²) in [4.78, 5) is 0. The third kappa shape index (κ3) is 6.28. The average Bonchev–Trinajstić information content (AvgIpc) is 2.69. The first kappa shape index (κ1) is 14.0. The number of nitrogens with zero attached hydrogens (tertiary/aromatic N) is 2.